The quantitative estimate of drug-likeness (QED) is 0.762. The van der Waals surface area contributed by atoms with Gasteiger partial charge in [-0.3, -0.25) is 9.69 Å². The SMILES string of the molecule is O=C(/C=C/c1ccco1)NCC(c1ccc(C(F)(F)F)cc1)N1CCOCC1. The van der Waals surface area contributed by atoms with Crippen molar-refractivity contribution in [3.05, 3.63) is 65.6 Å². The molecule has 1 N–H and O–H groups in total. The smallest absolute Gasteiger partial charge is 0.416 e. The van der Waals surface area contributed by atoms with Gasteiger partial charge in [-0.15, -0.1) is 0 Å². The van der Waals surface area contributed by atoms with Crippen LogP contribution in [0.1, 0.15) is 22.9 Å². The van der Waals surface area contributed by atoms with Crippen molar-refractivity contribution in [2.45, 2.75) is 12.2 Å². The third kappa shape index (κ3) is 5.46. The van der Waals surface area contributed by atoms with Gasteiger partial charge in [0.05, 0.1) is 31.1 Å². The lowest BCUT2D eigenvalue weighted by atomic mass is 10.0. The zero-order valence-electron chi connectivity index (χ0n) is 15.1. The molecule has 28 heavy (non-hydrogen) atoms. The number of halogens is 3. The maximum Gasteiger partial charge on any atom is 0.416 e. The first-order chi connectivity index (χ1) is 13.4. The maximum absolute atomic E-state index is 12.8. The highest BCUT2D eigenvalue weighted by molar-refractivity contribution is 5.91. The molecule has 1 unspecified atom stereocenters. The van der Waals surface area contributed by atoms with Crippen LogP contribution in [0.5, 0.6) is 0 Å². The Bertz CT molecular complexity index is 780. The molecule has 3 rings (SSSR count). The Hall–Kier alpha value is -2.58. The van der Waals surface area contributed by atoms with Crippen molar-refractivity contribution in [2.24, 2.45) is 0 Å². The second-order valence-corrected chi connectivity index (χ2v) is 6.38. The zero-order chi connectivity index (χ0) is 20.0. The molecule has 2 aromatic rings. The summed E-state index contributed by atoms with van der Waals surface area (Å²) in [6, 6.07) is 8.27. The molecule has 5 nitrogen and oxygen atoms in total. The van der Waals surface area contributed by atoms with E-state index in [1.807, 2.05) is 0 Å². The monoisotopic (exact) mass is 394 g/mol. The van der Waals surface area contributed by atoms with E-state index >= 15 is 0 Å². The molecular weight excluding hydrogens is 373 g/mol. The molecule has 1 aliphatic heterocycles. The number of rotatable bonds is 6. The number of morpholine rings is 1. The Balaban J connectivity index is 1.69. The third-order valence-electron chi connectivity index (χ3n) is 4.52. The van der Waals surface area contributed by atoms with Crippen LogP contribution in [0.2, 0.25) is 0 Å². The molecule has 0 bridgehead atoms. The van der Waals surface area contributed by atoms with Gasteiger partial charge in [-0.2, -0.15) is 13.2 Å². The van der Waals surface area contributed by atoms with Crippen LogP contribution < -0.4 is 5.32 Å². The Labute approximate surface area is 160 Å². The molecular formula is C20H21F3N2O3. The first-order valence-electron chi connectivity index (χ1n) is 8.92. The first-order valence-corrected chi connectivity index (χ1v) is 8.92. The number of nitrogens with one attached hydrogen (secondary N) is 1. The van der Waals surface area contributed by atoms with Crippen molar-refractivity contribution in [2.75, 3.05) is 32.8 Å². The van der Waals surface area contributed by atoms with Crippen LogP contribution in [0.15, 0.2) is 53.2 Å². The number of furan rings is 1. The van der Waals surface area contributed by atoms with E-state index in [9.17, 15) is 18.0 Å². The Morgan fingerprint density at radius 1 is 1.18 bits per heavy atom. The van der Waals surface area contributed by atoms with Gasteiger partial charge in [0.1, 0.15) is 5.76 Å². The van der Waals surface area contributed by atoms with E-state index in [1.54, 1.807) is 18.2 Å². The fourth-order valence-electron chi connectivity index (χ4n) is 3.04. The van der Waals surface area contributed by atoms with Crippen molar-refractivity contribution >= 4 is 12.0 Å². The van der Waals surface area contributed by atoms with Crippen molar-refractivity contribution in [3.63, 3.8) is 0 Å². The number of amides is 1. The second-order valence-electron chi connectivity index (χ2n) is 6.38. The molecule has 1 aromatic carbocycles. The number of carbonyl (C=O) groups excluding carboxylic acids is 1. The Kier molecular flexibility index (Phi) is 6.53. The largest absolute Gasteiger partial charge is 0.465 e. The van der Waals surface area contributed by atoms with Crippen LogP contribution in [0.25, 0.3) is 6.08 Å². The normalized spacial score (nSPS) is 17.0. The molecule has 1 atom stereocenters. The fraction of sp³-hybridized carbons (Fsp3) is 0.350. The molecule has 1 saturated heterocycles. The molecule has 1 aromatic heterocycles. The number of benzene rings is 1. The third-order valence-corrected chi connectivity index (χ3v) is 4.52. The summed E-state index contributed by atoms with van der Waals surface area (Å²) in [4.78, 5) is 14.2. The van der Waals surface area contributed by atoms with Gasteiger partial charge in [-0.05, 0) is 35.9 Å². The summed E-state index contributed by atoms with van der Waals surface area (Å²) in [5, 5.41) is 2.81. The lowest BCUT2D eigenvalue weighted by Gasteiger charge is -2.35. The summed E-state index contributed by atoms with van der Waals surface area (Å²) < 4.78 is 49.0. The fourth-order valence-corrected chi connectivity index (χ4v) is 3.04. The van der Waals surface area contributed by atoms with Crippen molar-refractivity contribution in [1.29, 1.82) is 0 Å². The predicted octanol–water partition coefficient (Wildman–Crippen LogP) is 3.50. The number of hydrogen-bond acceptors (Lipinski definition) is 4. The summed E-state index contributed by atoms with van der Waals surface area (Å²) in [5.41, 5.74) is 0.0209. The van der Waals surface area contributed by atoms with E-state index in [0.717, 1.165) is 12.1 Å². The van der Waals surface area contributed by atoms with Crippen molar-refractivity contribution in [3.8, 4) is 0 Å². The van der Waals surface area contributed by atoms with Crippen molar-refractivity contribution < 1.29 is 27.1 Å². The van der Waals surface area contributed by atoms with E-state index in [0.29, 0.717) is 37.6 Å². The van der Waals surface area contributed by atoms with Gasteiger partial charge < -0.3 is 14.5 Å². The summed E-state index contributed by atoms with van der Waals surface area (Å²) in [7, 11) is 0. The minimum Gasteiger partial charge on any atom is -0.465 e. The molecule has 150 valence electrons. The van der Waals surface area contributed by atoms with Gasteiger partial charge in [0.25, 0.3) is 0 Å². The van der Waals surface area contributed by atoms with Crippen LogP contribution in [-0.4, -0.2) is 43.7 Å². The van der Waals surface area contributed by atoms with Gasteiger partial charge in [0, 0.05) is 25.7 Å². The lowest BCUT2D eigenvalue weighted by molar-refractivity contribution is -0.137. The summed E-state index contributed by atoms with van der Waals surface area (Å²) in [6.07, 6.45) is 0.0493. The number of nitrogens with zero attached hydrogens (tertiary/aromatic N) is 1. The highest BCUT2D eigenvalue weighted by Crippen LogP contribution is 2.31. The minimum atomic E-state index is -4.38. The number of alkyl halides is 3. The minimum absolute atomic E-state index is 0.243. The van der Waals surface area contributed by atoms with Gasteiger partial charge in [0.2, 0.25) is 5.91 Å². The Morgan fingerprint density at radius 2 is 1.89 bits per heavy atom. The number of hydrogen-bond donors (Lipinski definition) is 1. The van der Waals surface area contributed by atoms with Gasteiger partial charge in [0.15, 0.2) is 0 Å². The van der Waals surface area contributed by atoms with E-state index in [-0.39, 0.29) is 18.5 Å². The topological polar surface area (TPSA) is 54.7 Å². The summed E-state index contributed by atoms with van der Waals surface area (Å²) in [6.45, 7) is 2.65. The van der Waals surface area contributed by atoms with Gasteiger partial charge >= 0.3 is 6.18 Å². The average Bonchev–Trinajstić information content (AvgIpc) is 3.21. The van der Waals surface area contributed by atoms with Crippen LogP contribution in [0, 0.1) is 0 Å². The zero-order valence-corrected chi connectivity index (χ0v) is 15.1. The van der Waals surface area contributed by atoms with Crippen molar-refractivity contribution in [1.82, 2.24) is 10.2 Å². The molecule has 0 saturated carbocycles. The molecule has 0 radical (unpaired) electrons. The standard InChI is InChI=1S/C20H21F3N2O3/c21-20(22,23)16-5-3-15(4-6-16)18(25-9-12-27-13-10-25)14-24-19(26)8-7-17-2-1-11-28-17/h1-8,11,18H,9-10,12-14H2,(H,24,26)/b8-7+. The van der Waals surface area contributed by atoms with Gasteiger partial charge in [-0.25, -0.2) is 0 Å². The summed E-state index contributed by atoms with van der Waals surface area (Å²) in [5.74, 6) is 0.254. The van der Waals surface area contributed by atoms with E-state index < -0.39 is 11.7 Å². The Morgan fingerprint density at radius 3 is 2.50 bits per heavy atom. The van der Waals surface area contributed by atoms with E-state index in [4.69, 9.17) is 9.15 Å². The molecule has 2 heterocycles. The van der Waals surface area contributed by atoms with Crippen LogP contribution in [0.4, 0.5) is 13.2 Å². The number of carbonyl (C=O) groups is 1. The molecule has 1 aliphatic rings. The molecule has 1 amide bonds. The maximum atomic E-state index is 12.8. The lowest BCUT2D eigenvalue weighted by Crippen LogP contribution is -2.43. The van der Waals surface area contributed by atoms with Crippen LogP contribution in [-0.2, 0) is 15.7 Å². The molecule has 0 aliphatic carbocycles. The first kappa shape index (κ1) is 20.2. The second kappa shape index (κ2) is 9.07. The highest BCUT2D eigenvalue weighted by Gasteiger charge is 2.31. The van der Waals surface area contributed by atoms with E-state index in [2.05, 4.69) is 10.2 Å². The predicted molar refractivity (Wildman–Crippen MR) is 97.3 cm³/mol. The van der Waals surface area contributed by atoms with Gasteiger partial charge in [-0.1, -0.05) is 12.1 Å². The van der Waals surface area contributed by atoms with E-state index in [1.165, 1.54) is 24.5 Å². The number of ether oxygens (including phenoxy) is 1. The molecule has 0 spiro atoms. The van der Waals surface area contributed by atoms with Crippen LogP contribution in [0.3, 0.4) is 0 Å². The van der Waals surface area contributed by atoms with Crippen LogP contribution >= 0.6 is 0 Å². The summed E-state index contributed by atoms with van der Waals surface area (Å²) >= 11 is 0. The molecule has 1 fully saturated rings. The average molecular weight is 394 g/mol. The molecule has 8 heteroatoms. The highest BCUT2D eigenvalue weighted by atomic mass is 19.4.